The Balaban J connectivity index is 0.000000102. The summed E-state index contributed by atoms with van der Waals surface area (Å²) in [5, 5.41) is 45.9. The highest BCUT2D eigenvalue weighted by molar-refractivity contribution is 7.13. The highest BCUT2D eigenvalue weighted by atomic mass is 32.1. The van der Waals surface area contributed by atoms with E-state index in [-0.39, 0.29) is 5.82 Å². The van der Waals surface area contributed by atoms with E-state index in [1.807, 2.05) is 61.6 Å². The van der Waals surface area contributed by atoms with Crippen LogP contribution < -0.4 is 0 Å². The molecule has 1 aliphatic rings. The maximum atomic E-state index is 13.3. The molecule has 20 nitrogen and oxygen atoms in total. The Morgan fingerprint density at radius 1 is 0.303 bits per heavy atom. The summed E-state index contributed by atoms with van der Waals surface area (Å²) in [5.74, 6) is -0.237. The highest BCUT2D eigenvalue weighted by Gasteiger charge is 2.22. The Kier molecular flexibility index (Phi) is 25.6. The van der Waals surface area contributed by atoms with Gasteiger partial charge in [-0.1, -0.05) is 146 Å². The van der Waals surface area contributed by atoms with Gasteiger partial charge in [0.2, 0.25) is 0 Å². The van der Waals surface area contributed by atoms with Crippen molar-refractivity contribution in [2.24, 2.45) is 0 Å². The number of hydrogen-bond donors (Lipinski definition) is 0. The molecule has 26 rings (SSSR count). The number of para-hydroxylation sites is 5. The first-order chi connectivity index (χ1) is 70.0. The van der Waals surface area contributed by atoms with Gasteiger partial charge in [0, 0.05) is 191 Å². The van der Waals surface area contributed by atoms with E-state index in [1.165, 1.54) is 148 Å². The van der Waals surface area contributed by atoms with Gasteiger partial charge in [0.25, 0.3) is 0 Å². The molecule has 0 spiro atoms. The predicted molar refractivity (Wildman–Crippen MR) is 580 cm³/mol. The van der Waals surface area contributed by atoms with Gasteiger partial charge in [-0.3, -0.25) is 4.90 Å². The second-order valence-electron chi connectivity index (χ2n) is 35.9. The summed E-state index contributed by atoms with van der Waals surface area (Å²) in [4.78, 5) is 5.90. The van der Waals surface area contributed by atoms with Crippen molar-refractivity contribution >= 4 is 120 Å². The van der Waals surface area contributed by atoms with Crippen LogP contribution in [0.15, 0.2) is 382 Å². The molecular weight excluding hydrogens is 1770 g/mol. The number of fused-ring (bicyclic) bond motifs is 15. The lowest BCUT2D eigenvalue weighted by Crippen LogP contribution is -2.37. The Labute approximate surface area is 826 Å². The summed E-state index contributed by atoms with van der Waals surface area (Å²) >= 11 is 1.74. The largest absolute Gasteiger partial charge is 0.379 e. The van der Waals surface area contributed by atoms with Crippen molar-refractivity contribution in [2.75, 3.05) is 46.9 Å². The minimum absolute atomic E-state index is 0.237. The molecule has 0 N–H and O–H groups in total. The number of hydrogen-bond acceptors (Lipinski definition) is 11. The van der Waals surface area contributed by atoms with Crippen molar-refractivity contribution < 1.29 is 9.13 Å². The first kappa shape index (κ1) is 90.6. The second-order valence-corrected chi connectivity index (χ2v) is 36.8. The van der Waals surface area contributed by atoms with E-state index in [4.69, 9.17) is 4.74 Å². The average Bonchev–Trinajstić information content (AvgIpc) is 1.62. The summed E-state index contributed by atoms with van der Waals surface area (Å²) in [6.07, 6.45) is 12.0. The minimum Gasteiger partial charge on any atom is -0.379 e. The quantitative estimate of drug-likeness (QED) is 0.0720. The first-order valence-corrected chi connectivity index (χ1v) is 49.8. The molecule has 25 aromatic rings. The number of rotatable bonds is 20. The summed E-state index contributed by atoms with van der Waals surface area (Å²) in [7, 11) is 4.18. The van der Waals surface area contributed by atoms with Gasteiger partial charge in [-0.15, -0.1) is 16.4 Å². The number of thiophene rings is 1. The van der Waals surface area contributed by atoms with Crippen LogP contribution in [0.2, 0.25) is 0 Å². The van der Waals surface area contributed by atoms with Crippen molar-refractivity contribution in [3.05, 3.63) is 399 Å². The van der Waals surface area contributed by atoms with Crippen LogP contribution in [-0.4, -0.2) is 139 Å². The molecule has 1 aliphatic heterocycles. The maximum absolute atomic E-state index is 13.3. The molecule has 0 radical (unpaired) electrons. The lowest BCUT2D eigenvalue weighted by atomic mass is 10.1. The fourth-order valence-corrected chi connectivity index (χ4v) is 21.5. The SMILES string of the molecule is CCn1c2ccccc2c2cc(-n3nccc3-c3ccc(CCN4CCOCC4)cc3)ccc21.CCn1c2ccccc2c2cc(-n3nccc3-c3ccc(CN(C)C)cc3)ccc21.CCn1c2ccccc2c2cc(-n3nccc3-c3ccc(F)cc3)ccc21.CCn1c2ccccc2c2cc(-n3nccc3-c3cccnn3)ccc21.CCn1c2ccccc2c2cc(-n3nccc3-c3cccs3)ccc21. The van der Waals surface area contributed by atoms with Gasteiger partial charge in [-0.25, -0.2) is 27.8 Å². The number of aryl methyl sites for hydroxylation is 5. The molecule has 13 aromatic carbocycles. The molecule has 1 saturated heterocycles. The molecule has 0 unspecified atom stereocenters. The van der Waals surface area contributed by atoms with Gasteiger partial charge < -0.3 is 32.5 Å². The molecule has 12 aromatic heterocycles. The third-order valence-electron chi connectivity index (χ3n) is 27.4. The number of morpholine rings is 1. The lowest BCUT2D eigenvalue weighted by Gasteiger charge is -2.26. The molecule has 0 aliphatic carbocycles. The van der Waals surface area contributed by atoms with E-state index < -0.39 is 0 Å². The van der Waals surface area contributed by atoms with Crippen LogP contribution in [-0.2, 0) is 50.4 Å². The van der Waals surface area contributed by atoms with E-state index in [9.17, 15) is 4.39 Å². The second kappa shape index (κ2) is 40.1. The smallest absolute Gasteiger partial charge is 0.123 e. The zero-order valence-electron chi connectivity index (χ0n) is 80.5. The Morgan fingerprint density at radius 3 is 0.951 bits per heavy atom. The maximum Gasteiger partial charge on any atom is 0.123 e. The number of nitrogens with zero attached hydrogens (tertiary/aromatic N) is 19. The third kappa shape index (κ3) is 17.5. The van der Waals surface area contributed by atoms with Gasteiger partial charge in [-0.2, -0.15) is 30.6 Å². The summed E-state index contributed by atoms with van der Waals surface area (Å²) in [6, 6.07) is 118. The molecular formula is C120H108FN19OS. The fraction of sp³-hybridized carbons (Fsp3) is 0.158. The molecule has 0 amide bonds. The van der Waals surface area contributed by atoms with Crippen molar-refractivity contribution in [1.82, 2.24) is 91.7 Å². The van der Waals surface area contributed by atoms with Crippen LogP contribution in [0, 0.1) is 5.82 Å². The summed E-state index contributed by atoms with van der Waals surface area (Å²) < 4.78 is 40.5. The van der Waals surface area contributed by atoms with Crippen molar-refractivity contribution in [3.8, 4) is 84.2 Å². The lowest BCUT2D eigenvalue weighted by molar-refractivity contribution is 0.0384. The van der Waals surface area contributed by atoms with Gasteiger partial charge in [0.1, 0.15) is 11.5 Å². The van der Waals surface area contributed by atoms with Gasteiger partial charge in [0.15, 0.2) is 0 Å². The molecule has 0 atom stereocenters. The monoisotopic (exact) mass is 1880 g/mol. The third-order valence-corrected chi connectivity index (χ3v) is 28.3. The predicted octanol–water partition coefficient (Wildman–Crippen LogP) is 27.3. The van der Waals surface area contributed by atoms with E-state index in [1.54, 1.807) is 42.1 Å². The van der Waals surface area contributed by atoms with Crippen LogP contribution >= 0.6 is 11.3 Å². The van der Waals surface area contributed by atoms with E-state index >= 15 is 0 Å². The Morgan fingerprint density at radius 2 is 0.620 bits per heavy atom. The van der Waals surface area contributed by atoms with Gasteiger partial charge >= 0.3 is 0 Å². The van der Waals surface area contributed by atoms with Crippen molar-refractivity contribution in [1.29, 1.82) is 0 Å². The number of aromatic nitrogens is 17. The Hall–Kier alpha value is -16.5. The average molecular weight is 1880 g/mol. The first-order valence-electron chi connectivity index (χ1n) is 48.9. The summed E-state index contributed by atoms with van der Waals surface area (Å²) in [5.41, 5.74) is 29.9. The van der Waals surface area contributed by atoms with Crippen LogP contribution in [0.4, 0.5) is 4.39 Å². The molecule has 0 saturated carbocycles. The topological polar surface area (TPSA) is 155 Å². The fourth-order valence-electron chi connectivity index (χ4n) is 20.7. The highest BCUT2D eigenvalue weighted by Crippen LogP contribution is 2.40. The molecule has 1 fully saturated rings. The minimum atomic E-state index is -0.237. The standard InChI is InChI=1S/C29H30N4O.C26H26N4.C23H18FN3.C21H17N5.C21H17N3S/c1-2-32-28-6-4-3-5-25(28)26-21-24(11-12-29(26)32)33-27(13-15-30-33)23-9-7-22(8-10-23)14-16-31-17-19-34-20-18-31;1-4-29-25-8-6-5-7-22(25)23-17-21(13-14-26(23)29)30-24(15-16-27-30)20-11-9-19(10-12-20)18-28(2)3;1-2-26-22-6-4-3-5-19(22)20-15-18(11-12-23(20)26)27-21(13-14-25-27)16-7-9-17(24)10-8-16;1-2-25-19-8-4-3-6-16(19)17-14-15(9-10-20(17)25)26-21(11-13-23-26)18-7-5-12-22-24-18;1-2-23-18-7-4-3-6-16(18)17-14-15(9-10-19(17)23)24-20(11-12-22-24)21-8-5-13-25-21/h3-13,15,21H,2,14,16-20H2,1H3;5-17H,4,18H2,1-3H3;3-15H,2H2,1H3;3-14H,2H2,1H3;3-14H,2H2,1H3. The normalized spacial score (nSPS) is 12.3. The van der Waals surface area contributed by atoms with Crippen molar-refractivity contribution in [2.45, 2.75) is 80.3 Å². The molecule has 22 heteroatoms. The molecule has 142 heavy (non-hydrogen) atoms. The summed E-state index contributed by atoms with van der Waals surface area (Å²) in [6.45, 7) is 21.5. The molecule has 13 heterocycles. The van der Waals surface area contributed by atoms with E-state index in [0.29, 0.717) is 0 Å². The van der Waals surface area contributed by atoms with Gasteiger partial charge in [0.05, 0.1) is 106 Å². The van der Waals surface area contributed by atoms with Crippen LogP contribution in [0.25, 0.3) is 193 Å². The van der Waals surface area contributed by atoms with Crippen molar-refractivity contribution in [3.63, 3.8) is 0 Å². The van der Waals surface area contributed by atoms with E-state index in [0.717, 1.165) is 147 Å². The number of ether oxygens (including phenoxy) is 1. The molecule has 702 valence electrons. The van der Waals surface area contributed by atoms with Gasteiger partial charge in [-0.05, 0) is 266 Å². The number of halogens is 1. The van der Waals surface area contributed by atoms with Crippen LogP contribution in [0.1, 0.15) is 45.7 Å². The molecule has 0 bridgehead atoms. The number of benzene rings is 13. The zero-order valence-corrected chi connectivity index (χ0v) is 81.4. The van der Waals surface area contributed by atoms with E-state index in [2.05, 4.69) is 418 Å². The zero-order chi connectivity index (χ0) is 96.3. The Bertz CT molecular complexity index is 8770. The van der Waals surface area contributed by atoms with Crippen LogP contribution in [0.3, 0.4) is 0 Å². The van der Waals surface area contributed by atoms with Crippen LogP contribution in [0.5, 0.6) is 0 Å².